The lowest BCUT2D eigenvalue weighted by Gasteiger charge is -2.08. The second kappa shape index (κ2) is 7.42. The quantitative estimate of drug-likeness (QED) is 0.689. The molecule has 5 nitrogen and oxygen atoms in total. The van der Waals surface area contributed by atoms with Crippen LogP contribution in [0.3, 0.4) is 0 Å². The van der Waals surface area contributed by atoms with Crippen LogP contribution in [0, 0.1) is 5.82 Å². The molecule has 0 atom stereocenters. The summed E-state index contributed by atoms with van der Waals surface area (Å²) in [5.41, 5.74) is 1.64. The first-order chi connectivity index (χ1) is 11.6. The van der Waals surface area contributed by atoms with E-state index in [-0.39, 0.29) is 5.82 Å². The van der Waals surface area contributed by atoms with E-state index >= 15 is 0 Å². The summed E-state index contributed by atoms with van der Waals surface area (Å²) >= 11 is 11.9. The first-order valence-electron chi connectivity index (χ1n) is 7.00. The molecular formula is C16H12Cl2FN5. The summed E-state index contributed by atoms with van der Waals surface area (Å²) in [6, 6.07) is 11.3. The highest BCUT2D eigenvalue weighted by Gasteiger charge is 2.04. The van der Waals surface area contributed by atoms with E-state index in [4.69, 9.17) is 23.2 Å². The zero-order chi connectivity index (χ0) is 16.9. The van der Waals surface area contributed by atoms with Gasteiger partial charge in [-0.15, -0.1) is 5.10 Å². The SMILES string of the molecule is Fc1ccc(CNc2nncc(Nc3ccc(Cl)c(Cl)c3)n2)cc1. The van der Waals surface area contributed by atoms with Crippen molar-refractivity contribution >= 4 is 40.7 Å². The minimum absolute atomic E-state index is 0.274. The van der Waals surface area contributed by atoms with Gasteiger partial charge >= 0.3 is 0 Å². The molecule has 0 bridgehead atoms. The Morgan fingerprint density at radius 2 is 1.79 bits per heavy atom. The van der Waals surface area contributed by atoms with Crippen molar-refractivity contribution in [2.75, 3.05) is 10.6 Å². The molecule has 1 aromatic heterocycles. The van der Waals surface area contributed by atoms with E-state index in [0.717, 1.165) is 11.3 Å². The Morgan fingerprint density at radius 3 is 2.54 bits per heavy atom. The van der Waals surface area contributed by atoms with Crippen molar-refractivity contribution in [3.63, 3.8) is 0 Å². The second-order valence-corrected chi connectivity index (χ2v) is 5.71. The topological polar surface area (TPSA) is 62.7 Å². The molecule has 0 radical (unpaired) electrons. The number of nitrogens with zero attached hydrogens (tertiary/aromatic N) is 3. The maximum atomic E-state index is 12.9. The van der Waals surface area contributed by atoms with Crippen molar-refractivity contribution in [2.24, 2.45) is 0 Å². The minimum Gasteiger partial charge on any atom is -0.349 e. The predicted octanol–water partition coefficient (Wildman–Crippen LogP) is 4.67. The zero-order valence-corrected chi connectivity index (χ0v) is 13.8. The van der Waals surface area contributed by atoms with Gasteiger partial charge in [0.25, 0.3) is 0 Å². The van der Waals surface area contributed by atoms with Crippen LogP contribution in [0.1, 0.15) is 5.56 Å². The largest absolute Gasteiger partial charge is 0.349 e. The van der Waals surface area contributed by atoms with Gasteiger partial charge in [0.15, 0.2) is 5.82 Å². The van der Waals surface area contributed by atoms with Crippen LogP contribution >= 0.6 is 23.2 Å². The molecule has 0 aliphatic rings. The zero-order valence-electron chi connectivity index (χ0n) is 12.3. The van der Waals surface area contributed by atoms with Gasteiger partial charge < -0.3 is 10.6 Å². The Morgan fingerprint density at radius 1 is 1.00 bits per heavy atom. The van der Waals surface area contributed by atoms with Gasteiger partial charge in [0.1, 0.15) is 5.82 Å². The van der Waals surface area contributed by atoms with Crippen molar-refractivity contribution in [1.29, 1.82) is 0 Å². The molecule has 0 aliphatic carbocycles. The highest BCUT2D eigenvalue weighted by atomic mass is 35.5. The standard InChI is InChI=1S/C16H12Cl2FN5/c17-13-6-5-12(7-14(13)18)22-15-9-21-24-16(23-15)20-8-10-1-3-11(19)4-2-10/h1-7,9H,8H2,(H2,20,22,23,24). The average Bonchev–Trinajstić information content (AvgIpc) is 2.58. The Bertz CT molecular complexity index is 842. The van der Waals surface area contributed by atoms with Crippen molar-refractivity contribution in [1.82, 2.24) is 15.2 Å². The number of nitrogens with one attached hydrogen (secondary N) is 2. The molecule has 0 spiro atoms. The molecule has 0 aliphatic heterocycles. The van der Waals surface area contributed by atoms with Gasteiger partial charge in [-0.3, -0.25) is 0 Å². The Labute approximate surface area is 147 Å². The van der Waals surface area contributed by atoms with Crippen molar-refractivity contribution in [2.45, 2.75) is 6.54 Å². The van der Waals surface area contributed by atoms with E-state index in [1.807, 2.05) is 0 Å². The summed E-state index contributed by atoms with van der Waals surface area (Å²) in [4.78, 5) is 4.31. The van der Waals surface area contributed by atoms with Crippen LogP contribution in [0.5, 0.6) is 0 Å². The van der Waals surface area contributed by atoms with E-state index < -0.39 is 0 Å². The van der Waals surface area contributed by atoms with Crippen molar-refractivity contribution in [3.8, 4) is 0 Å². The molecule has 1 heterocycles. The fourth-order valence-corrected chi connectivity index (χ4v) is 2.24. The summed E-state index contributed by atoms with van der Waals surface area (Å²) in [6.07, 6.45) is 1.49. The van der Waals surface area contributed by atoms with Crippen LogP contribution < -0.4 is 10.6 Å². The summed E-state index contributed by atoms with van der Waals surface area (Å²) in [5.74, 6) is 0.582. The van der Waals surface area contributed by atoms with E-state index in [0.29, 0.717) is 28.4 Å². The van der Waals surface area contributed by atoms with Crippen LogP contribution in [0.25, 0.3) is 0 Å². The van der Waals surface area contributed by atoms with E-state index in [1.54, 1.807) is 30.3 Å². The van der Waals surface area contributed by atoms with Gasteiger partial charge in [0.2, 0.25) is 5.95 Å². The van der Waals surface area contributed by atoms with E-state index in [1.165, 1.54) is 18.3 Å². The minimum atomic E-state index is -0.274. The average molecular weight is 364 g/mol. The molecule has 3 rings (SSSR count). The van der Waals surface area contributed by atoms with Crippen LogP contribution in [-0.2, 0) is 6.54 Å². The highest BCUT2D eigenvalue weighted by molar-refractivity contribution is 6.42. The van der Waals surface area contributed by atoms with Gasteiger partial charge in [-0.05, 0) is 35.9 Å². The Hall–Kier alpha value is -2.44. The van der Waals surface area contributed by atoms with Gasteiger partial charge in [-0.1, -0.05) is 35.3 Å². The normalized spacial score (nSPS) is 10.5. The molecule has 0 fully saturated rings. The van der Waals surface area contributed by atoms with Crippen LogP contribution in [0.4, 0.5) is 21.8 Å². The number of benzene rings is 2. The molecule has 2 aromatic carbocycles. The van der Waals surface area contributed by atoms with E-state index in [2.05, 4.69) is 25.8 Å². The summed E-state index contributed by atoms with van der Waals surface area (Å²) in [7, 11) is 0. The third kappa shape index (κ3) is 4.31. The van der Waals surface area contributed by atoms with Crippen molar-refractivity contribution < 1.29 is 4.39 Å². The maximum Gasteiger partial charge on any atom is 0.244 e. The first-order valence-corrected chi connectivity index (χ1v) is 7.76. The van der Waals surface area contributed by atoms with Crippen molar-refractivity contribution in [3.05, 3.63) is 70.1 Å². The number of anilines is 3. The van der Waals surface area contributed by atoms with Crippen LogP contribution in [-0.4, -0.2) is 15.2 Å². The first kappa shape index (κ1) is 16.4. The lowest BCUT2D eigenvalue weighted by atomic mass is 10.2. The molecule has 24 heavy (non-hydrogen) atoms. The Kier molecular flexibility index (Phi) is 5.08. The number of hydrogen-bond acceptors (Lipinski definition) is 5. The molecular weight excluding hydrogens is 352 g/mol. The third-order valence-corrected chi connectivity index (χ3v) is 3.85. The van der Waals surface area contributed by atoms with E-state index in [9.17, 15) is 4.39 Å². The predicted molar refractivity (Wildman–Crippen MR) is 93.3 cm³/mol. The van der Waals surface area contributed by atoms with Crippen LogP contribution in [0.15, 0.2) is 48.7 Å². The summed E-state index contributed by atoms with van der Waals surface area (Å²) in [6.45, 7) is 0.457. The molecule has 0 amide bonds. The van der Waals surface area contributed by atoms with Crippen LogP contribution in [0.2, 0.25) is 10.0 Å². The van der Waals surface area contributed by atoms with Gasteiger partial charge in [0, 0.05) is 12.2 Å². The number of rotatable bonds is 5. The summed E-state index contributed by atoms with van der Waals surface area (Å²) < 4.78 is 12.9. The number of aromatic nitrogens is 3. The van der Waals surface area contributed by atoms with Gasteiger partial charge in [-0.2, -0.15) is 10.1 Å². The summed E-state index contributed by atoms with van der Waals surface area (Å²) in [5, 5.41) is 14.8. The highest BCUT2D eigenvalue weighted by Crippen LogP contribution is 2.26. The maximum absolute atomic E-state index is 12.9. The molecule has 122 valence electrons. The fourth-order valence-electron chi connectivity index (χ4n) is 1.94. The lowest BCUT2D eigenvalue weighted by molar-refractivity contribution is 0.627. The molecule has 0 unspecified atom stereocenters. The molecule has 2 N–H and O–H groups in total. The smallest absolute Gasteiger partial charge is 0.244 e. The third-order valence-electron chi connectivity index (χ3n) is 3.11. The van der Waals surface area contributed by atoms with Gasteiger partial charge in [-0.25, -0.2) is 4.39 Å². The monoisotopic (exact) mass is 363 g/mol. The number of halogens is 3. The lowest BCUT2D eigenvalue weighted by Crippen LogP contribution is -2.06. The molecule has 0 saturated carbocycles. The molecule has 8 heteroatoms. The second-order valence-electron chi connectivity index (χ2n) is 4.90. The molecule has 3 aromatic rings. The number of hydrogen-bond donors (Lipinski definition) is 2. The van der Waals surface area contributed by atoms with Gasteiger partial charge in [0.05, 0.1) is 16.2 Å². The Balaban J connectivity index is 1.67. The fraction of sp³-hybridized carbons (Fsp3) is 0.0625. The molecule has 0 saturated heterocycles.